The number of nitrogens with zero attached hydrogens (tertiary/aromatic N) is 2. The van der Waals surface area contributed by atoms with E-state index in [1.54, 1.807) is 0 Å². The molecule has 2 N–H and O–H groups in total. The minimum atomic E-state index is 0.450. The highest BCUT2D eigenvalue weighted by molar-refractivity contribution is 5.05. The Bertz CT molecular complexity index is 363. The molecule has 2 heterocycles. The topological polar surface area (TPSA) is 55.3 Å². The van der Waals surface area contributed by atoms with Gasteiger partial charge in [-0.25, -0.2) is 0 Å². The molecule has 4 heteroatoms. The Morgan fingerprint density at radius 1 is 1.47 bits per heavy atom. The van der Waals surface area contributed by atoms with Gasteiger partial charge in [0.1, 0.15) is 0 Å². The molecule has 0 saturated carbocycles. The van der Waals surface area contributed by atoms with Crippen LogP contribution in [0.3, 0.4) is 0 Å². The summed E-state index contributed by atoms with van der Waals surface area (Å²) >= 11 is 0. The SMILES string of the molecule is CC1CC(C)C(C)N(Cc2cc(CN)no2)C1. The number of hydrogen-bond acceptors (Lipinski definition) is 4. The number of piperidine rings is 1. The van der Waals surface area contributed by atoms with Crippen LogP contribution in [0, 0.1) is 11.8 Å². The predicted octanol–water partition coefficient (Wildman–Crippen LogP) is 2.00. The normalized spacial score (nSPS) is 30.7. The van der Waals surface area contributed by atoms with Crippen molar-refractivity contribution in [1.82, 2.24) is 10.1 Å². The molecule has 1 aromatic heterocycles. The maximum Gasteiger partial charge on any atom is 0.151 e. The summed E-state index contributed by atoms with van der Waals surface area (Å²) in [7, 11) is 0. The second kappa shape index (κ2) is 5.19. The first-order valence-corrected chi connectivity index (χ1v) is 6.48. The first-order valence-electron chi connectivity index (χ1n) is 6.48. The van der Waals surface area contributed by atoms with E-state index in [1.165, 1.54) is 6.42 Å². The van der Waals surface area contributed by atoms with Crippen LogP contribution in [0.4, 0.5) is 0 Å². The Morgan fingerprint density at radius 3 is 2.88 bits per heavy atom. The molecule has 0 amide bonds. The Morgan fingerprint density at radius 2 is 2.24 bits per heavy atom. The second-order valence-corrected chi connectivity index (χ2v) is 5.48. The van der Waals surface area contributed by atoms with Gasteiger partial charge in [-0.2, -0.15) is 0 Å². The summed E-state index contributed by atoms with van der Waals surface area (Å²) in [6.45, 7) is 9.40. The molecule has 0 bridgehead atoms. The van der Waals surface area contributed by atoms with Gasteiger partial charge in [-0.05, 0) is 25.2 Å². The van der Waals surface area contributed by atoms with E-state index >= 15 is 0 Å². The lowest BCUT2D eigenvalue weighted by molar-refractivity contribution is 0.0649. The summed E-state index contributed by atoms with van der Waals surface area (Å²) in [5, 5.41) is 3.94. The van der Waals surface area contributed by atoms with E-state index in [-0.39, 0.29) is 0 Å². The van der Waals surface area contributed by atoms with Gasteiger partial charge in [0.25, 0.3) is 0 Å². The van der Waals surface area contributed by atoms with E-state index in [9.17, 15) is 0 Å². The number of likely N-dealkylation sites (tertiary alicyclic amines) is 1. The third-order valence-electron chi connectivity index (χ3n) is 3.90. The molecule has 0 radical (unpaired) electrons. The molecule has 2 rings (SSSR count). The molecule has 1 aromatic rings. The van der Waals surface area contributed by atoms with Crippen molar-refractivity contribution >= 4 is 0 Å². The van der Waals surface area contributed by atoms with Gasteiger partial charge in [-0.3, -0.25) is 4.90 Å². The van der Waals surface area contributed by atoms with Gasteiger partial charge in [-0.1, -0.05) is 19.0 Å². The molecular formula is C13H23N3O. The zero-order valence-electron chi connectivity index (χ0n) is 11.0. The summed E-state index contributed by atoms with van der Waals surface area (Å²) in [6, 6.07) is 2.58. The molecule has 3 unspecified atom stereocenters. The lowest BCUT2D eigenvalue weighted by Gasteiger charge is -2.40. The first kappa shape index (κ1) is 12.6. The standard InChI is InChI=1S/C13H23N3O/c1-9-4-10(2)11(3)16(7-9)8-13-5-12(6-14)15-17-13/h5,9-11H,4,6-8,14H2,1-3H3. The number of rotatable bonds is 3. The highest BCUT2D eigenvalue weighted by Crippen LogP contribution is 2.28. The second-order valence-electron chi connectivity index (χ2n) is 5.48. The zero-order valence-corrected chi connectivity index (χ0v) is 11.0. The molecule has 96 valence electrons. The average molecular weight is 237 g/mol. The molecule has 0 aromatic carbocycles. The van der Waals surface area contributed by atoms with Crippen LogP contribution in [0.15, 0.2) is 10.6 Å². The van der Waals surface area contributed by atoms with Gasteiger partial charge in [0.15, 0.2) is 5.76 Å². The lowest BCUT2D eigenvalue weighted by atomic mass is 9.86. The Hall–Kier alpha value is -0.870. The summed E-state index contributed by atoms with van der Waals surface area (Å²) in [5.41, 5.74) is 6.37. The fourth-order valence-electron chi connectivity index (χ4n) is 2.77. The maximum absolute atomic E-state index is 5.53. The summed E-state index contributed by atoms with van der Waals surface area (Å²) in [6.07, 6.45) is 1.32. The Kier molecular flexibility index (Phi) is 3.84. The molecule has 0 spiro atoms. The van der Waals surface area contributed by atoms with Crippen LogP contribution in [0.5, 0.6) is 0 Å². The van der Waals surface area contributed by atoms with Crippen molar-refractivity contribution in [2.75, 3.05) is 6.54 Å². The van der Waals surface area contributed by atoms with Crippen LogP contribution >= 0.6 is 0 Å². The highest BCUT2D eigenvalue weighted by atomic mass is 16.5. The van der Waals surface area contributed by atoms with Gasteiger partial charge in [0.05, 0.1) is 12.2 Å². The van der Waals surface area contributed by atoms with E-state index < -0.39 is 0 Å². The molecule has 1 aliphatic rings. The van der Waals surface area contributed by atoms with Crippen molar-refractivity contribution < 1.29 is 4.52 Å². The van der Waals surface area contributed by atoms with Crippen LogP contribution in [0.25, 0.3) is 0 Å². The fourth-order valence-corrected chi connectivity index (χ4v) is 2.77. The van der Waals surface area contributed by atoms with E-state index in [0.29, 0.717) is 12.6 Å². The first-order chi connectivity index (χ1) is 8.10. The van der Waals surface area contributed by atoms with Crippen molar-refractivity contribution in [2.24, 2.45) is 17.6 Å². The summed E-state index contributed by atoms with van der Waals surface area (Å²) in [5.74, 6) is 2.44. The number of nitrogens with two attached hydrogens (primary N) is 1. The van der Waals surface area contributed by atoms with Crippen LogP contribution in [0.2, 0.25) is 0 Å². The van der Waals surface area contributed by atoms with Crippen molar-refractivity contribution in [1.29, 1.82) is 0 Å². The smallest absolute Gasteiger partial charge is 0.151 e. The molecule has 0 aliphatic carbocycles. The third kappa shape index (κ3) is 2.87. The Labute approximate surface area is 103 Å². The summed E-state index contributed by atoms with van der Waals surface area (Å²) in [4.78, 5) is 2.49. The van der Waals surface area contributed by atoms with Crippen molar-refractivity contribution in [3.8, 4) is 0 Å². The van der Waals surface area contributed by atoms with Gasteiger partial charge in [0.2, 0.25) is 0 Å². The monoisotopic (exact) mass is 237 g/mol. The molecule has 1 aliphatic heterocycles. The highest BCUT2D eigenvalue weighted by Gasteiger charge is 2.29. The van der Waals surface area contributed by atoms with Crippen molar-refractivity contribution in [3.63, 3.8) is 0 Å². The predicted molar refractivity (Wildman–Crippen MR) is 67.2 cm³/mol. The minimum Gasteiger partial charge on any atom is -0.360 e. The van der Waals surface area contributed by atoms with Gasteiger partial charge >= 0.3 is 0 Å². The fraction of sp³-hybridized carbons (Fsp3) is 0.769. The van der Waals surface area contributed by atoms with Crippen molar-refractivity contribution in [2.45, 2.75) is 46.3 Å². The van der Waals surface area contributed by atoms with Gasteiger partial charge in [0, 0.05) is 25.2 Å². The molecule has 1 fully saturated rings. The molecule has 3 atom stereocenters. The maximum atomic E-state index is 5.53. The van der Waals surface area contributed by atoms with Crippen LogP contribution in [0.1, 0.15) is 38.6 Å². The largest absolute Gasteiger partial charge is 0.360 e. The zero-order chi connectivity index (χ0) is 12.4. The van der Waals surface area contributed by atoms with Crippen LogP contribution in [-0.4, -0.2) is 22.6 Å². The lowest BCUT2D eigenvalue weighted by Crippen LogP contribution is -2.45. The van der Waals surface area contributed by atoms with E-state index in [4.69, 9.17) is 10.3 Å². The number of hydrogen-bond donors (Lipinski definition) is 1. The quantitative estimate of drug-likeness (QED) is 0.873. The third-order valence-corrected chi connectivity index (χ3v) is 3.90. The van der Waals surface area contributed by atoms with Gasteiger partial charge < -0.3 is 10.3 Å². The summed E-state index contributed by atoms with van der Waals surface area (Å²) < 4.78 is 5.31. The molecular weight excluding hydrogens is 214 g/mol. The number of aromatic nitrogens is 1. The molecule has 1 saturated heterocycles. The van der Waals surface area contributed by atoms with Gasteiger partial charge in [-0.15, -0.1) is 0 Å². The minimum absolute atomic E-state index is 0.450. The average Bonchev–Trinajstić information content (AvgIpc) is 2.73. The molecule has 4 nitrogen and oxygen atoms in total. The molecule has 17 heavy (non-hydrogen) atoms. The van der Waals surface area contributed by atoms with E-state index in [0.717, 1.165) is 36.4 Å². The van der Waals surface area contributed by atoms with Crippen LogP contribution in [-0.2, 0) is 13.1 Å². The van der Waals surface area contributed by atoms with Crippen LogP contribution < -0.4 is 5.73 Å². The van der Waals surface area contributed by atoms with E-state index in [2.05, 4.69) is 30.8 Å². The van der Waals surface area contributed by atoms with Crippen molar-refractivity contribution in [3.05, 3.63) is 17.5 Å². The van der Waals surface area contributed by atoms with E-state index in [1.807, 2.05) is 6.07 Å². The Balaban J connectivity index is 2.01.